The molecule has 0 atom stereocenters. The first kappa shape index (κ1) is 14.4. The zero-order chi connectivity index (χ0) is 12.8. The molecule has 1 aromatic carbocycles. The van der Waals surface area contributed by atoms with E-state index >= 15 is 0 Å². The quantitative estimate of drug-likeness (QED) is 0.770. The highest BCUT2D eigenvalue weighted by Gasteiger charge is 2.13. The summed E-state index contributed by atoms with van der Waals surface area (Å²) in [5.74, 6) is -1.11. The van der Waals surface area contributed by atoms with Crippen LogP contribution in [-0.2, 0) is 0 Å². The minimum Gasteiger partial charge on any atom is -0.379 e. The lowest BCUT2D eigenvalue weighted by atomic mass is 10.1. The average molecular weight is 306 g/mol. The SMILES string of the molecule is CCCC(CCC)Nc1c(F)cc(F)cc1Br. The van der Waals surface area contributed by atoms with E-state index in [2.05, 4.69) is 35.1 Å². The Kier molecular flexibility index (Phi) is 5.89. The van der Waals surface area contributed by atoms with Gasteiger partial charge in [0, 0.05) is 16.6 Å². The zero-order valence-corrected chi connectivity index (χ0v) is 11.8. The third kappa shape index (κ3) is 4.26. The molecule has 0 aliphatic heterocycles. The standard InChI is InChI=1S/C13H18BrF2N/c1-3-5-10(6-4-2)17-13-11(14)7-9(15)8-12(13)16/h7-8,10,17H,3-6H2,1-2H3. The Labute approximate surface area is 110 Å². The summed E-state index contributed by atoms with van der Waals surface area (Å²) in [6.07, 6.45) is 4.05. The van der Waals surface area contributed by atoms with E-state index in [1.54, 1.807) is 0 Å². The summed E-state index contributed by atoms with van der Waals surface area (Å²) in [4.78, 5) is 0. The third-order valence-electron chi connectivity index (χ3n) is 2.63. The van der Waals surface area contributed by atoms with Crippen LogP contribution in [0.15, 0.2) is 16.6 Å². The van der Waals surface area contributed by atoms with E-state index in [-0.39, 0.29) is 6.04 Å². The fraction of sp³-hybridized carbons (Fsp3) is 0.538. The third-order valence-corrected chi connectivity index (χ3v) is 3.26. The summed E-state index contributed by atoms with van der Waals surface area (Å²) in [5.41, 5.74) is 0.360. The fourth-order valence-electron chi connectivity index (χ4n) is 1.87. The summed E-state index contributed by atoms with van der Waals surface area (Å²) < 4.78 is 27.0. The molecule has 1 N–H and O–H groups in total. The molecule has 0 saturated carbocycles. The van der Waals surface area contributed by atoms with Crippen LogP contribution >= 0.6 is 15.9 Å². The van der Waals surface area contributed by atoms with Gasteiger partial charge >= 0.3 is 0 Å². The largest absolute Gasteiger partial charge is 0.379 e. The molecule has 0 fully saturated rings. The molecular weight excluding hydrogens is 288 g/mol. The van der Waals surface area contributed by atoms with E-state index in [4.69, 9.17) is 0 Å². The van der Waals surface area contributed by atoms with Gasteiger partial charge < -0.3 is 5.32 Å². The number of anilines is 1. The monoisotopic (exact) mass is 305 g/mol. The summed E-state index contributed by atoms with van der Waals surface area (Å²) in [5, 5.41) is 3.16. The van der Waals surface area contributed by atoms with Gasteiger partial charge in [-0.1, -0.05) is 26.7 Å². The Hall–Kier alpha value is -0.640. The number of rotatable bonds is 6. The number of hydrogen-bond acceptors (Lipinski definition) is 1. The summed E-state index contributed by atoms with van der Waals surface area (Å²) in [7, 11) is 0. The average Bonchev–Trinajstić information content (AvgIpc) is 2.23. The van der Waals surface area contributed by atoms with Gasteiger partial charge in [-0.05, 0) is 34.8 Å². The van der Waals surface area contributed by atoms with Gasteiger partial charge in [0.05, 0.1) is 5.69 Å². The van der Waals surface area contributed by atoms with Crippen LogP contribution < -0.4 is 5.32 Å². The van der Waals surface area contributed by atoms with Crippen molar-refractivity contribution in [2.24, 2.45) is 0 Å². The van der Waals surface area contributed by atoms with Crippen LogP contribution in [0, 0.1) is 11.6 Å². The van der Waals surface area contributed by atoms with Crippen molar-refractivity contribution in [3.8, 4) is 0 Å². The first-order chi connectivity index (χ1) is 8.08. The Balaban J connectivity index is 2.84. The maximum Gasteiger partial charge on any atom is 0.150 e. The van der Waals surface area contributed by atoms with Crippen molar-refractivity contribution in [3.63, 3.8) is 0 Å². The summed E-state index contributed by atoms with van der Waals surface area (Å²) in [6, 6.07) is 2.42. The molecule has 0 heterocycles. The lowest BCUT2D eigenvalue weighted by molar-refractivity contribution is 0.563. The van der Waals surface area contributed by atoms with Crippen LogP contribution in [0.5, 0.6) is 0 Å². The normalized spacial score (nSPS) is 10.9. The molecule has 0 aromatic heterocycles. The van der Waals surface area contributed by atoms with Crippen LogP contribution in [-0.4, -0.2) is 6.04 Å². The first-order valence-corrected chi connectivity index (χ1v) is 6.78. The predicted molar refractivity (Wildman–Crippen MR) is 71.3 cm³/mol. The number of hydrogen-bond donors (Lipinski definition) is 1. The molecular formula is C13H18BrF2N. The van der Waals surface area contributed by atoms with Crippen LogP contribution in [0.25, 0.3) is 0 Å². The topological polar surface area (TPSA) is 12.0 Å². The van der Waals surface area contributed by atoms with E-state index in [0.29, 0.717) is 10.2 Å². The molecule has 0 aliphatic carbocycles. The molecule has 0 radical (unpaired) electrons. The smallest absolute Gasteiger partial charge is 0.150 e. The van der Waals surface area contributed by atoms with Gasteiger partial charge in [0.2, 0.25) is 0 Å². The van der Waals surface area contributed by atoms with Gasteiger partial charge in [0.25, 0.3) is 0 Å². The Morgan fingerprint density at radius 3 is 2.24 bits per heavy atom. The Bertz CT molecular complexity index is 339. The van der Waals surface area contributed by atoms with Crippen molar-refractivity contribution in [1.82, 2.24) is 0 Å². The Morgan fingerprint density at radius 2 is 1.76 bits per heavy atom. The minimum atomic E-state index is -0.567. The van der Waals surface area contributed by atoms with Crippen LogP contribution in [0.4, 0.5) is 14.5 Å². The maximum atomic E-state index is 13.6. The lowest BCUT2D eigenvalue weighted by Gasteiger charge is -2.20. The van der Waals surface area contributed by atoms with Crippen LogP contribution in [0.2, 0.25) is 0 Å². The highest BCUT2D eigenvalue weighted by molar-refractivity contribution is 9.10. The first-order valence-electron chi connectivity index (χ1n) is 5.99. The van der Waals surface area contributed by atoms with Crippen molar-refractivity contribution in [2.75, 3.05) is 5.32 Å². The highest BCUT2D eigenvalue weighted by atomic mass is 79.9. The van der Waals surface area contributed by atoms with Crippen molar-refractivity contribution < 1.29 is 8.78 Å². The molecule has 0 bridgehead atoms. The van der Waals surface area contributed by atoms with E-state index in [9.17, 15) is 8.78 Å². The van der Waals surface area contributed by atoms with E-state index < -0.39 is 11.6 Å². The maximum absolute atomic E-state index is 13.6. The van der Waals surface area contributed by atoms with Crippen molar-refractivity contribution in [3.05, 3.63) is 28.2 Å². The molecule has 1 nitrogen and oxygen atoms in total. The zero-order valence-electron chi connectivity index (χ0n) is 10.2. The summed E-state index contributed by atoms with van der Waals surface area (Å²) in [6.45, 7) is 4.20. The fourth-order valence-corrected chi connectivity index (χ4v) is 2.39. The van der Waals surface area contributed by atoms with Gasteiger partial charge in [-0.15, -0.1) is 0 Å². The number of benzene rings is 1. The number of halogens is 3. The van der Waals surface area contributed by atoms with Gasteiger partial charge in [-0.3, -0.25) is 0 Å². The molecule has 0 saturated heterocycles. The molecule has 1 rings (SSSR count). The molecule has 0 amide bonds. The molecule has 1 aromatic rings. The van der Waals surface area contributed by atoms with Gasteiger partial charge in [-0.2, -0.15) is 0 Å². The molecule has 17 heavy (non-hydrogen) atoms. The van der Waals surface area contributed by atoms with Crippen LogP contribution in [0.3, 0.4) is 0 Å². The molecule has 96 valence electrons. The molecule has 0 unspecified atom stereocenters. The van der Waals surface area contributed by atoms with Crippen LogP contribution in [0.1, 0.15) is 39.5 Å². The van der Waals surface area contributed by atoms with Gasteiger partial charge in [0.15, 0.2) is 0 Å². The molecule has 0 spiro atoms. The molecule has 4 heteroatoms. The van der Waals surface area contributed by atoms with Gasteiger partial charge in [-0.25, -0.2) is 8.78 Å². The second-order valence-corrected chi connectivity index (χ2v) is 5.02. The van der Waals surface area contributed by atoms with Gasteiger partial charge in [0.1, 0.15) is 11.6 Å². The second kappa shape index (κ2) is 6.94. The van der Waals surface area contributed by atoms with Crippen molar-refractivity contribution >= 4 is 21.6 Å². The predicted octanol–water partition coefficient (Wildman–Crippen LogP) is 5.11. The van der Waals surface area contributed by atoms with E-state index in [1.165, 1.54) is 6.07 Å². The van der Waals surface area contributed by atoms with E-state index in [0.717, 1.165) is 31.7 Å². The lowest BCUT2D eigenvalue weighted by Crippen LogP contribution is -2.20. The minimum absolute atomic E-state index is 0.237. The summed E-state index contributed by atoms with van der Waals surface area (Å²) >= 11 is 3.19. The highest BCUT2D eigenvalue weighted by Crippen LogP contribution is 2.28. The molecule has 0 aliphatic rings. The van der Waals surface area contributed by atoms with Crippen molar-refractivity contribution in [2.45, 2.75) is 45.6 Å². The Morgan fingerprint density at radius 1 is 1.18 bits per heavy atom. The van der Waals surface area contributed by atoms with Crippen molar-refractivity contribution in [1.29, 1.82) is 0 Å². The van der Waals surface area contributed by atoms with E-state index in [1.807, 2.05) is 0 Å². The second-order valence-electron chi connectivity index (χ2n) is 4.16. The number of nitrogens with one attached hydrogen (secondary N) is 1.